The Kier molecular flexibility index (Phi) is 2.96. The molecule has 0 bridgehead atoms. The van der Waals surface area contributed by atoms with E-state index in [0.717, 1.165) is 18.9 Å². The summed E-state index contributed by atoms with van der Waals surface area (Å²) in [5.74, 6) is 1.87. The molecule has 0 amide bonds. The molecule has 1 spiro atoms. The van der Waals surface area contributed by atoms with E-state index in [-0.39, 0.29) is 23.0 Å². The number of anilines is 1. The van der Waals surface area contributed by atoms with Gasteiger partial charge in [-0.05, 0) is 12.8 Å². The topological polar surface area (TPSA) is 63.4 Å². The van der Waals surface area contributed by atoms with Gasteiger partial charge >= 0.3 is 0 Å². The third-order valence-electron chi connectivity index (χ3n) is 4.45. The molecular formula is C15H20N2O3. The van der Waals surface area contributed by atoms with Gasteiger partial charge in [0.2, 0.25) is 0 Å². The number of rotatable bonds is 4. The minimum absolute atomic E-state index is 0.104. The van der Waals surface area contributed by atoms with Crippen molar-refractivity contribution in [2.75, 3.05) is 18.0 Å². The SMILES string of the molecule is CC(=O)C(c1cc(N2CC3(CC(=O)C3)C2)no1)C(C)C. The molecule has 2 aliphatic rings. The molecule has 1 aliphatic heterocycles. The van der Waals surface area contributed by atoms with E-state index in [1.165, 1.54) is 0 Å². The molecule has 108 valence electrons. The van der Waals surface area contributed by atoms with Crippen LogP contribution in [0, 0.1) is 11.3 Å². The van der Waals surface area contributed by atoms with Crippen LogP contribution in [0.15, 0.2) is 10.6 Å². The van der Waals surface area contributed by atoms with Gasteiger partial charge in [-0.15, -0.1) is 0 Å². The van der Waals surface area contributed by atoms with Crippen LogP contribution in [0.4, 0.5) is 5.82 Å². The normalized spacial score (nSPS) is 21.8. The van der Waals surface area contributed by atoms with Gasteiger partial charge in [0.1, 0.15) is 17.3 Å². The van der Waals surface area contributed by atoms with Crippen molar-refractivity contribution in [3.05, 3.63) is 11.8 Å². The molecule has 1 aromatic heterocycles. The number of ketones is 2. The molecule has 3 rings (SSSR count). The van der Waals surface area contributed by atoms with Crippen LogP contribution in [0.1, 0.15) is 45.3 Å². The smallest absolute Gasteiger partial charge is 0.172 e. The van der Waals surface area contributed by atoms with E-state index in [1.54, 1.807) is 6.92 Å². The van der Waals surface area contributed by atoms with Crippen molar-refractivity contribution in [3.63, 3.8) is 0 Å². The summed E-state index contributed by atoms with van der Waals surface area (Å²) in [4.78, 5) is 24.9. The molecular weight excluding hydrogens is 256 g/mol. The maximum absolute atomic E-state index is 11.7. The molecule has 1 aromatic rings. The Balaban J connectivity index is 1.69. The van der Waals surface area contributed by atoms with Crippen LogP contribution in [-0.4, -0.2) is 29.8 Å². The summed E-state index contributed by atoms with van der Waals surface area (Å²) in [7, 11) is 0. The first-order valence-corrected chi connectivity index (χ1v) is 7.14. The number of Topliss-reactive ketones (excluding diaryl/α,β-unsaturated/α-hetero) is 2. The van der Waals surface area contributed by atoms with Gasteiger partial charge in [-0.3, -0.25) is 9.59 Å². The van der Waals surface area contributed by atoms with Crippen LogP contribution in [0.3, 0.4) is 0 Å². The highest BCUT2D eigenvalue weighted by Gasteiger charge is 2.52. The van der Waals surface area contributed by atoms with Crippen LogP contribution >= 0.6 is 0 Å². The molecule has 20 heavy (non-hydrogen) atoms. The number of nitrogens with zero attached hydrogens (tertiary/aromatic N) is 2. The zero-order valence-electron chi connectivity index (χ0n) is 12.2. The summed E-state index contributed by atoms with van der Waals surface area (Å²) in [6, 6.07) is 1.87. The van der Waals surface area contributed by atoms with Crippen LogP contribution in [-0.2, 0) is 9.59 Å². The van der Waals surface area contributed by atoms with Gasteiger partial charge in [-0.2, -0.15) is 0 Å². The first-order valence-electron chi connectivity index (χ1n) is 7.14. The fourth-order valence-electron chi connectivity index (χ4n) is 3.51. The van der Waals surface area contributed by atoms with Crippen molar-refractivity contribution >= 4 is 17.4 Å². The zero-order chi connectivity index (χ0) is 14.5. The van der Waals surface area contributed by atoms with E-state index in [9.17, 15) is 9.59 Å². The summed E-state index contributed by atoms with van der Waals surface area (Å²) in [5, 5.41) is 4.08. The van der Waals surface area contributed by atoms with Gasteiger partial charge in [0.15, 0.2) is 5.82 Å². The standard InChI is InChI=1S/C15H20N2O3/c1-9(2)14(10(3)18)12-4-13(16-20-12)17-7-15(8-17)5-11(19)6-15/h4,9,14H,5-8H2,1-3H3. The van der Waals surface area contributed by atoms with Gasteiger partial charge in [-0.1, -0.05) is 19.0 Å². The highest BCUT2D eigenvalue weighted by atomic mass is 16.5. The fourth-order valence-corrected chi connectivity index (χ4v) is 3.51. The lowest BCUT2D eigenvalue weighted by molar-refractivity contribution is -0.134. The second-order valence-electron chi connectivity index (χ2n) is 6.67. The summed E-state index contributed by atoms with van der Waals surface area (Å²) in [6.07, 6.45) is 1.41. The van der Waals surface area contributed by atoms with Crippen molar-refractivity contribution in [2.45, 2.75) is 39.5 Å². The number of aromatic nitrogens is 1. The van der Waals surface area contributed by atoms with Gasteiger partial charge < -0.3 is 9.42 Å². The quantitative estimate of drug-likeness (QED) is 0.843. The van der Waals surface area contributed by atoms with Crippen LogP contribution in [0.25, 0.3) is 0 Å². The second kappa shape index (κ2) is 4.43. The molecule has 1 atom stereocenters. The summed E-state index contributed by atoms with van der Waals surface area (Å²) in [6.45, 7) is 7.35. The fraction of sp³-hybridized carbons (Fsp3) is 0.667. The monoisotopic (exact) mass is 276 g/mol. The predicted molar refractivity (Wildman–Crippen MR) is 73.7 cm³/mol. The number of hydrogen-bond donors (Lipinski definition) is 0. The number of carbonyl (C=O) groups excluding carboxylic acids is 2. The highest BCUT2D eigenvalue weighted by Crippen LogP contribution is 2.47. The van der Waals surface area contributed by atoms with Gasteiger partial charge in [-0.25, -0.2) is 0 Å². The first-order chi connectivity index (χ1) is 9.40. The predicted octanol–water partition coefficient (Wildman–Crippen LogP) is 2.17. The number of carbonyl (C=O) groups is 2. The van der Waals surface area contributed by atoms with Gasteiger partial charge in [0.25, 0.3) is 0 Å². The van der Waals surface area contributed by atoms with Crippen molar-refractivity contribution < 1.29 is 14.1 Å². The highest BCUT2D eigenvalue weighted by molar-refractivity contribution is 5.87. The lowest BCUT2D eigenvalue weighted by Gasteiger charge is -2.54. The summed E-state index contributed by atoms with van der Waals surface area (Å²) in [5.41, 5.74) is 0.203. The number of hydrogen-bond acceptors (Lipinski definition) is 5. The minimum atomic E-state index is -0.225. The summed E-state index contributed by atoms with van der Waals surface area (Å²) >= 11 is 0. The van der Waals surface area contributed by atoms with E-state index >= 15 is 0 Å². The second-order valence-corrected chi connectivity index (χ2v) is 6.67. The Morgan fingerprint density at radius 1 is 1.40 bits per heavy atom. The van der Waals surface area contributed by atoms with E-state index < -0.39 is 0 Å². The maximum Gasteiger partial charge on any atom is 0.172 e. The van der Waals surface area contributed by atoms with E-state index in [4.69, 9.17) is 4.52 Å². The van der Waals surface area contributed by atoms with Gasteiger partial charge in [0, 0.05) is 37.4 Å². The molecule has 2 fully saturated rings. The third-order valence-corrected chi connectivity index (χ3v) is 4.45. The Hall–Kier alpha value is -1.65. The van der Waals surface area contributed by atoms with Crippen LogP contribution in [0.2, 0.25) is 0 Å². The Labute approximate surface area is 118 Å². The molecule has 5 nitrogen and oxygen atoms in total. The van der Waals surface area contributed by atoms with Crippen molar-refractivity contribution in [1.29, 1.82) is 0 Å². The van der Waals surface area contributed by atoms with E-state index in [0.29, 0.717) is 24.4 Å². The van der Waals surface area contributed by atoms with Crippen molar-refractivity contribution in [3.8, 4) is 0 Å². The molecule has 1 saturated carbocycles. The molecule has 5 heteroatoms. The van der Waals surface area contributed by atoms with Crippen LogP contribution < -0.4 is 4.90 Å². The molecule has 1 aliphatic carbocycles. The largest absolute Gasteiger partial charge is 0.358 e. The summed E-state index contributed by atoms with van der Waals surface area (Å²) < 4.78 is 5.37. The van der Waals surface area contributed by atoms with Crippen molar-refractivity contribution in [1.82, 2.24) is 5.16 Å². The Bertz CT molecular complexity index is 545. The van der Waals surface area contributed by atoms with Gasteiger partial charge in [0.05, 0.1) is 5.92 Å². The average Bonchev–Trinajstić information content (AvgIpc) is 2.69. The molecule has 2 heterocycles. The van der Waals surface area contributed by atoms with E-state index in [2.05, 4.69) is 10.1 Å². The lowest BCUT2D eigenvalue weighted by Crippen LogP contribution is -2.62. The minimum Gasteiger partial charge on any atom is -0.358 e. The molecule has 0 aromatic carbocycles. The van der Waals surface area contributed by atoms with Crippen molar-refractivity contribution in [2.24, 2.45) is 11.3 Å². The third kappa shape index (κ3) is 2.05. The Morgan fingerprint density at radius 3 is 2.55 bits per heavy atom. The molecule has 0 radical (unpaired) electrons. The lowest BCUT2D eigenvalue weighted by atomic mass is 9.63. The molecule has 1 unspecified atom stereocenters. The zero-order valence-corrected chi connectivity index (χ0v) is 12.2. The van der Waals surface area contributed by atoms with E-state index in [1.807, 2.05) is 19.9 Å². The average molecular weight is 276 g/mol. The maximum atomic E-state index is 11.7. The molecule has 0 N–H and O–H groups in total. The molecule has 1 saturated heterocycles. The Morgan fingerprint density at radius 2 is 2.05 bits per heavy atom. The van der Waals surface area contributed by atoms with Crippen LogP contribution in [0.5, 0.6) is 0 Å². The first kappa shape index (κ1) is 13.3.